The van der Waals surface area contributed by atoms with Crippen LogP contribution < -0.4 is 10.6 Å². The van der Waals surface area contributed by atoms with E-state index in [1.807, 2.05) is 65.6 Å². The maximum Gasteiger partial charge on any atom is 0.240 e. The van der Waals surface area contributed by atoms with Crippen LogP contribution in [0.5, 0.6) is 0 Å². The molecule has 1 amide bonds. The van der Waals surface area contributed by atoms with Gasteiger partial charge in [0.1, 0.15) is 0 Å². The SMILES string of the molecule is C[C@H]1CC(C)(C)NC(=S)N1CC(=O)NC(c1ccccc1)c1ccccc1. The monoisotopic (exact) mass is 381 g/mol. The van der Waals surface area contributed by atoms with Gasteiger partial charge in [0, 0.05) is 11.6 Å². The number of benzene rings is 2. The van der Waals surface area contributed by atoms with Gasteiger partial charge < -0.3 is 15.5 Å². The average molecular weight is 382 g/mol. The molecular weight excluding hydrogens is 354 g/mol. The molecule has 3 rings (SSSR count). The van der Waals surface area contributed by atoms with E-state index in [-0.39, 0.29) is 30.1 Å². The van der Waals surface area contributed by atoms with Gasteiger partial charge in [-0.3, -0.25) is 4.79 Å². The Hall–Kier alpha value is -2.40. The molecule has 0 unspecified atom stereocenters. The van der Waals surface area contributed by atoms with Crippen molar-refractivity contribution in [3.05, 3.63) is 71.8 Å². The first-order chi connectivity index (χ1) is 12.9. The van der Waals surface area contributed by atoms with Gasteiger partial charge in [0.05, 0.1) is 12.6 Å². The van der Waals surface area contributed by atoms with E-state index in [1.165, 1.54) is 0 Å². The minimum Gasteiger partial charge on any atom is -0.358 e. The van der Waals surface area contributed by atoms with Crippen molar-refractivity contribution >= 4 is 23.2 Å². The summed E-state index contributed by atoms with van der Waals surface area (Å²) in [5.74, 6) is -0.0385. The lowest BCUT2D eigenvalue weighted by Crippen LogP contribution is -2.61. The summed E-state index contributed by atoms with van der Waals surface area (Å²) in [6.07, 6.45) is 0.932. The largest absolute Gasteiger partial charge is 0.358 e. The molecule has 0 aliphatic carbocycles. The van der Waals surface area contributed by atoms with Crippen LogP contribution in [0.4, 0.5) is 0 Å². The van der Waals surface area contributed by atoms with Gasteiger partial charge in [0.15, 0.2) is 5.11 Å². The molecular formula is C22H27N3OS. The van der Waals surface area contributed by atoms with E-state index in [9.17, 15) is 4.79 Å². The quantitative estimate of drug-likeness (QED) is 0.776. The smallest absolute Gasteiger partial charge is 0.240 e. The van der Waals surface area contributed by atoms with Crippen molar-refractivity contribution in [2.24, 2.45) is 0 Å². The van der Waals surface area contributed by atoms with Crippen molar-refractivity contribution < 1.29 is 4.79 Å². The van der Waals surface area contributed by atoms with Crippen molar-refractivity contribution in [3.63, 3.8) is 0 Å². The van der Waals surface area contributed by atoms with Crippen LogP contribution in [0.1, 0.15) is 44.4 Å². The molecule has 2 aromatic rings. The second kappa shape index (κ2) is 8.09. The van der Waals surface area contributed by atoms with Gasteiger partial charge >= 0.3 is 0 Å². The van der Waals surface area contributed by atoms with E-state index in [1.54, 1.807) is 0 Å². The summed E-state index contributed by atoms with van der Waals surface area (Å²) in [4.78, 5) is 14.9. The molecule has 0 spiro atoms. The van der Waals surface area contributed by atoms with E-state index < -0.39 is 0 Å². The van der Waals surface area contributed by atoms with E-state index in [0.29, 0.717) is 5.11 Å². The van der Waals surface area contributed by atoms with Crippen LogP contribution in [0.15, 0.2) is 60.7 Å². The second-order valence-corrected chi connectivity index (χ2v) is 8.20. The Morgan fingerprint density at radius 3 is 2.15 bits per heavy atom. The molecule has 1 aliphatic heterocycles. The first-order valence-corrected chi connectivity index (χ1v) is 9.74. The number of nitrogens with one attached hydrogen (secondary N) is 2. The van der Waals surface area contributed by atoms with Gasteiger partial charge in [0.25, 0.3) is 0 Å². The van der Waals surface area contributed by atoms with E-state index >= 15 is 0 Å². The summed E-state index contributed by atoms with van der Waals surface area (Å²) in [5, 5.41) is 7.17. The third-order valence-corrected chi connectivity index (χ3v) is 5.27. The summed E-state index contributed by atoms with van der Waals surface area (Å²) >= 11 is 5.51. The van der Waals surface area contributed by atoms with Crippen molar-refractivity contribution in [1.82, 2.24) is 15.5 Å². The highest BCUT2D eigenvalue weighted by molar-refractivity contribution is 7.80. The van der Waals surface area contributed by atoms with Gasteiger partial charge in [-0.15, -0.1) is 0 Å². The van der Waals surface area contributed by atoms with E-state index in [2.05, 4.69) is 31.4 Å². The maximum atomic E-state index is 12.9. The minimum absolute atomic E-state index is 0.0385. The zero-order valence-electron chi connectivity index (χ0n) is 16.1. The summed E-state index contributed by atoms with van der Waals surface area (Å²) in [5.41, 5.74) is 2.08. The van der Waals surface area contributed by atoms with Gasteiger partial charge in [-0.25, -0.2) is 0 Å². The molecule has 1 aliphatic rings. The number of hydrogen-bond donors (Lipinski definition) is 2. The second-order valence-electron chi connectivity index (χ2n) is 7.82. The number of nitrogens with zero attached hydrogens (tertiary/aromatic N) is 1. The Morgan fingerprint density at radius 2 is 1.67 bits per heavy atom. The normalized spacial score (nSPS) is 18.9. The molecule has 2 aromatic carbocycles. The van der Waals surface area contributed by atoms with Gasteiger partial charge in [0.2, 0.25) is 5.91 Å². The van der Waals surface area contributed by atoms with Crippen molar-refractivity contribution in [1.29, 1.82) is 0 Å². The summed E-state index contributed by atoms with van der Waals surface area (Å²) in [6, 6.07) is 20.1. The standard InChI is InChI=1S/C22H27N3OS/c1-16-14-22(2,3)24-21(27)25(16)15-19(26)23-20(17-10-6-4-7-11-17)18-12-8-5-9-13-18/h4-13,16,20H,14-15H2,1-3H3,(H,23,26)(H,24,27)/t16-/m0/s1. The highest BCUT2D eigenvalue weighted by atomic mass is 32.1. The van der Waals surface area contributed by atoms with Crippen molar-refractivity contribution in [3.8, 4) is 0 Å². The topological polar surface area (TPSA) is 44.4 Å². The molecule has 5 heteroatoms. The summed E-state index contributed by atoms with van der Waals surface area (Å²) < 4.78 is 0. The molecule has 0 radical (unpaired) electrons. The number of carbonyl (C=O) groups excluding carboxylic acids is 1. The Balaban J connectivity index is 1.75. The van der Waals surface area contributed by atoms with Gasteiger partial charge in [-0.1, -0.05) is 60.7 Å². The molecule has 0 bridgehead atoms. The molecule has 1 fully saturated rings. The average Bonchev–Trinajstić information content (AvgIpc) is 2.63. The third kappa shape index (κ3) is 4.86. The van der Waals surface area contributed by atoms with Crippen LogP contribution in [0.2, 0.25) is 0 Å². The molecule has 4 nitrogen and oxygen atoms in total. The highest BCUT2D eigenvalue weighted by Crippen LogP contribution is 2.24. The molecule has 2 N–H and O–H groups in total. The zero-order valence-corrected chi connectivity index (χ0v) is 16.9. The Kier molecular flexibility index (Phi) is 5.80. The van der Waals surface area contributed by atoms with Crippen molar-refractivity contribution in [2.45, 2.75) is 44.8 Å². The fourth-order valence-corrected chi connectivity index (χ4v) is 4.22. The first kappa shape index (κ1) is 19.4. The number of amides is 1. The zero-order chi connectivity index (χ0) is 19.4. The van der Waals surface area contributed by atoms with Crippen LogP contribution in [0.25, 0.3) is 0 Å². The molecule has 1 atom stereocenters. The number of rotatable bonds is 5. The lowest BCUT2D eigenvalue weighted by molar-refractivity contribution is -0.122. The van der Waals surface area contributed by atoms with Crippen LogP contribution >= 0.6 is 12.2 Å². The van der Waals surface area contributed by atoms with Gasteiger partial charge in [-0.2, -0.15) is 0 Å². The summed E-state index contributed by atoms with van der Waals surface area (Å²) in [7, 11) is 0. The molecule has 0 saturated carbocycles. The van der Waals surface area contributed by atoms with Crippen LogP contribution in [0.3, 0.4) is 0 Å². The van der Waals surface area contributed by atoms with E-state index in [4.69, 9.17) is 12.2 Å². The molecule has 142 valence electrons. The lowest BCUT2D eigenvalue weighted by atomic mass is 9.93. The highest BCUT2D eigenvalue weighted by Gasteiger charge is 2.34. The lowest BCUT2D eigenvalue weighted by Gasteiger charge is -2.44. The Bertz CT molecular complexity index is 752. The number of thiocarbonyl (C=S) groups is 1. The number of carbonyl (C=O) groups is 1. The summed E-state index contributed by atoms with van der Waals surface area (Å²) in [6.45, 7) is 6.63. The predicted molar refractivity (Wildman–Crippen MR) is 113 cm³/mol. The molecule has 1 heterocycles. The van der Waals surface area contributed by atoms with Crippen LogP contribution in [-0.2, 0) is 4.79 Å². The molecule has 27 heavy (non-hydrogen) atoms. The van der Waals surface area contributed by atoms with Crippen molar-refractivity contribution in [2.75, 3.05) is 6.54 Å². The van der Waals surface area contributed by atoms with Crippen LogP contribution in [-0.4, -0.2) is 34.0 Å². The third-order valence-electron chi connectivity index (χ3n) is 4.93. The first-order valence-electron chi connectivity index (χ1n) is 9.34. The van der Waals surface area contributed by atoms with Crippen LogP contribution in [0, 0.1) is 0 Å². The number of hydrogen-bond acceptors (Lipinski definition) is 2. The minimum atomic E-state index is -0.182. The fraction of sp³-hybridized carbons (Fsp3) is 0.364. The van der Waals surface area contributed by atoms with E-state index in [0.717, 1.165) is 17.5 Å². The maximum absolute atomic E-state index is 12.9. The predicted octanol–water partition coefficient (Wildman–Crippen LogP) is 3.64. The van der Waals surface area contributed by atoms with Gasteiger partial charge in [-0.05, 0) is 50.5 Å². The Morgan fingerprint density at radius 1 is 1.15 bits per heavy atom. The molecule has 1 saturated heterocycles. The molecule has 0 aromatic heterocycles. The Labute approximate surface area is 167 Å². The fourth-order valence-electron chi connectivity index (χ4n) is 3.70.